The lowest BCUT2D eigenvalue weighted by Crippen LogP contribution is -2.47. The summed E-state index contributed by atoms with van der Waals surface area (Å²) in [6.07, 6.45) is 1.33. The molecular weight excluding hydrogens is 270 g/mol. The Bertz CT molecular complexity index is 316. The Morgan fingerprint density at radius 3 is 2.50 bits per heavy atom. The van der Waals surface area contributed by atoms with Crippen LogP contribution in [0.4, 0.5) is 0 Å². The SMILES string of the molecule is Br.OC1(O)CCCN(Cc2ccccc2)C1. The second-order valence-electron chi connectivity index (χ2n) is 4.28. The van der Waals surface area contributed by atoms with Gasteiger partial charge in [-0.2, -0.15) is 0 Å². The number of hydrogen-bond donors (Lipinski definition) is 2. The van der Waals surface area contributed by atoms with Gasteiger partial charge in [-0.25, -0.2) is 0 Å². The van der Waals surface area contributed by atoms with E-state index < -0.39 is 5.79 Å². The van der Waals surface area contributed by atoms with Crippen molar-refractivity contribution in [3.8, 4) is 0 Å². The number of hydrogen-bond acceptors (Lipinski definition) is 3. The standard InChI is InChI=1S/C12H17NO2.BrH/c14-12(15)7-4-8-13(10-12)9-11-5-2-1-3-6-11;/h1-3,5-6,14-15H,4,7-10H2;1H. The molecule has 1 heterocycles. The van der Waals surface area contributed by atoms with E-state index in [1.165, 1.54) is 5.56 Å². The topological polar surface area (TPSA) is 43.7 Å². The Balaban J connectivity index is 0.00000128. The van der Waals surface area contributed by atoms with Crippen molar-refractivity contribution in [1.82, 2.24) is 4.90 Å². The minimum atomic E-state index is -1.49. The first-order valence-corrected chi connectivity index (χ1v) is 5.37. The van der Waals surface area contributed by atoms with Crippen molar-refractivity contribution in [2.24, 2.45) is 0 Å². The van der Waals surface area contributed by atoms with Gasteiger partial charge in [-0.1, -0.05) is 30.3 Å². The first-order valence-electron chi connectivity index (χ1n) is 5.37. The van der Waals surface area contributed by atoms with Gasteiger partial charge in [0.05, 0.1) is 6.54 Å². The Hall–Kier alpha value is -0.420. The molecule has 1 saturated heterocycles. The molecule has 1 aliphatic heterocycles. The van der Waals surface area contributed by atoms with Gasteiger partial charge >= 0.3 is 0 Å². The lowest BCUT2D eigenvalue weighted by atomic mass is 10.0. The Labute approximate surface area is 106 Å². The van der Waals surface area contributed by atoms with E-state index in [4.69, 9.17) is 0 Å². The number of rotatable bonds is 2. The molecule has 1 aromatic carbocycles. The largest absolute Gasteiger partial charge is 0.365 e. The molecule has 0 bridgehead atoms. The highest BCUT2D eigenvalue weighted by atomic mass is 79.9. The van der Waals surface area contributed by atoms with Gasteiger partial charge in [-0.15, -0.1) is 17.0 Å². The van der Waals surface area contributed by atoms with Crippen LogP contribution in [0.15, 0.2) is 30.3 Å². The molecule has 0 aliphatic carbocycles. The predicted octanol–water partition coefficient (Wildman–Crippen LogP) is 1.54. The fraction of sp³-hybridized carbons (Fsp3) is 0.500. The van der Waals surface area contributed by atoms with Gasteiger partial charge in [0, 0.05) is 13.0 Å². The number of halogens is 1. The molecule has 4 heteroatoms. The molecule has 0 atom stereocenters. The Morgan fingerprint density at radius 2 is 1.88 bits per heavy atom. The molecule has 0 aromatic heterocycles. The molecule has 0 amide bonds. The fourth-order valence-corrected chi connectivity index (χ4v) is 2.08. The van der Waals surface area contributed by atoms with Crippen LogP contribution >= 0.6 is 17.0 Å². The summed E-state index contributed by atoms with van der Waals surface area (Å²) in [4.78, 5) is 2.08. The minimum Gasteiger partial charge on any atom is -0.365 e. The van der Waals surface area contributed by atoms with Crippen molar-refractivity contribution in [2.75, 3.05) is 13.1 Å². The average molecular weight is 288 g/mol. The van der Waals surface area contributed by atoms with E-state index in [2.05, 4.69) is 17.0 Å². The van der Waals surface area contributed by atoms with Gasteiger partial charge in [0.15, 0.2) is 5.79 Å². The summed E-state index contributed by atoms with van der Waals surface area (Å²) in [7, 11) is 0. The zero-order chi connectivity index (χ0) is 10.7. The lowest BCUT2D eigenvalue weighted by Gasteiger charge is -2.35. The monoisotopic (exact) mass is 287 g/mol. The number of nitrogens with zero attached hydrogens (tertiary/aromatic N) is 1. The number of benzene rings is 1. The van der Waals surface area contributed by atoms with Crippen LogP contribution in [0.2, 0.25) is 0 Å². The van der Waals surface area contributed by atoms with E-state index in [-0.39, 0.29) is 17.0 Å². The van der Waals surface area contributed by atoms with E-state index in [0.717, 1.165) is 19.5 Å². The fourth-order valence-electron chi connectivity index (χ4n) is 2.08. The normalized spacial score (nSPS) is 20.1. The van der Waals surface area contributed by atoms with Gasteiger partial charge in [0.1, 0.15) is 0 Å². The van der Waals surface area contributed by atoms with Crippen molar-refractivity contribution in [1.29, 1.82) is 0 Å². The second kappa shape index (κ2) is 5.77. The predicted molar refractivity (Wildman–Crippen MR) is 68.4 cm³/mol. The van der Waals surface area contributed by atoms with E-state index in [9.17, 15) is 10.2 Å². The van der Waals surface area contributed by atoms with Crippen molar-refractivity contribution in [3.63, 3.8) is 0 Å². The number of β-amino-alcohol motifs (C(OH)–C–C–N with tert-alkyl or cyclic N) is 2. The van der Waals surface area contributed by atoms with Crippen LogP contribution in [-0.2, 0) is 6.54 Å². The number of likely N-dealkylation sites (tertiary alicyclic amines) is 1. The summed E-state index contributed by atoms with van der Waals surface area (Å²) in [5.41, 5.74) is 1.22. The van der Waals surface area contributed by atoms with Gasteiger partial charge in [0.2, 0.25) is 0 Å². The van der Waals surface area contributed by atoms with Crippen LogP contribution in [0, 0.1) is 0 Å². The third-order valence-electron chi connectivity index (χ3n) is 2.78. The zero-order valence-electron chi connectivity index (χ0n) is 9.17. The maximum absolute atomic E-state index is 9.54. The highest BCUT2D eigenvalue weighted by Crippen LogP contribution is 2.19. The maximum Gasteiger partial charge on any atom is 0.175 e. The summed E-state index contributed by atoms with van der Waals surface area (Å²) >= 11 is 0. The molecule has 0 radical (unpaired) electrons. The first kappa shape index (κ1) is 13.6. The van der Waals surface area contributed by atoms with Gasteiger partial charge in [0.25, 0.3) is 0 Å². The molecule has 0 unspecified atom stereocenters. The molecule has 16 heavy (non-hydrogen) atoms. The zero-order valence-corrected chi connectivity index (χ0v) is 10.9. The lowest BCUT2D eigenvalue weighted by molar-refractivity contribution is -0.194. The molecule has 0 saturated carbocycles. The van der Waals surface area contributed by atoms with Crippen molar-refractivity contribution in [3.05, 3.63) is 35.9 Å². The highest BCUT2D eigenvalue weighted by molar-refractivity contribution is 8.93. The summed E-state index contributed by atoms with van der Waals surface area (Å²) in [6, 6.07) is 10.1. The van der Waals surface area contributed by atoms with Crippen LogP contribution in [-0.4, -0.2) is 34.0 Å². The summed E-state index contributed by atoms with van der Waals surface area (Å²) in [5, 5.41) is 19.1. The Morgan fingerprint density at radius 1 is 1.19 bits per heavy atom. The molecule has 1 fully saturated rings. The number of aliphatic hydroxyl groups is 2. The third kappa shape index (κ3) is 3.87. The molecule has 90 valence electrons. The quantitative estimate of drug-likeness (QED) is 0.811. The first-order chi connectivity index (χ1) is 7.16. The van der Waals surface area contributed by atoms with E-state index in [0.29, 0.717) is 13.0 Å². The van der Waals surface area contributed by atoms with Gasteiger partial charge < -0.3 is 10.2 Å². The maximum atomic E-state index is 9.54. The van der Waals surface area contributed by atoms with Gasteiger partial charge in [-0.05, 0) is 18.5 Å². The summed E-state index contributed by atoms with van der Waals surface area (Å²) in [5.74, 6) is -1.49. The molecule has 2 rings (SSSR count). The molecule has 3 nitrogen and oxygen atoms in total. The average Bonchev–Trinajstić information content (AvgIpc) is 2.17. The van der Waals surface area contributed by atoms with E-state index in [1.54, 1.807) is 0 Å². The van der Waals surface area contributed by atoms with Crippen molar-refractivity contribution < 1.29 is 10.2 Å². The van der Waals surface area contributed by atoms with Crippen LogP contribution in [0.5, 0.6) is 0 Å². The molecule has 1 aliphatic rings. The minimum absolute atomic E-state index is 0. The van der Waals surface area contributed by atoms with E-state index in [1.807, 2.05) is 18.2 Å². The van der Waals surface area contributed by atoms with Crippen LogP contribution in [0.3, 0.4) is 0 Å². The second-order valence-corrected chi connectivity index (χ2v) is 4.28. The molecular formula is C12H18BrNO2. The summed E-state index contributed by atoms with van der Waals surface area (Å²) < 4.78 is 0. The molecule has 0 spiro atoms. The van der Waals surface area contributed by atoms with E-state index >= 15 is 0 Å². The van der Waals surface area contributed by atoms with Crippen molar-refractivity contribution in [2.45, 2.75) is 25.2 Å². The van der Waals surface area contributed by atoms with Crippen molar-refractivity contribution >= 4 is 17.0 Å². The third-order valence-corrected chi connectivity index (χ3v) is 2.78. The van der Waals surface area contributed by atoms with Gasteiger partial charge in [-0.3, -0.25) is 4.90 Å². The molecule has 2 N–H and O–H groups in total. The van der Waals surface area contributed by atoms with Crippen LogP contribution < -0.4 is 0 Å². The summed E-state index contributed by atoms with van der Waals surface area (Å²) in [6.45, 7) is 2.09. The smallest absolute Gasteiger partial charge is 0.175 e. The highest BCUT2D eigenvalue weighted by Gasteiger charge is 2.30. The van der Waals surface area contributed by atoms with Crippen LogP contribution in [0.1, 0.15) is 18.4 Å². The van der Waals surface area contributed by atoms with Crippen LogP contribution in [0.25, 0.3) is 0 Å². The molecule has 1 aromatic rings. The number of piperidine rings is 1. The Kier molecular flexibility index (Phi) is 4.92.